The van der Waals surface area contributed by atoms with Crippen molar-refractivity contribution in [3.05, 3.63) is 56.7 Å². The Bertz CT molecular complexity index is 808. The van der Waals surface area contributed by atoms with Gasteiger partial charge in [-0.1, -0.05) is 13.0 Å². The Morgan fingerprint density at radius 3 is 2.68 bits per heavy atom. The topological polar surface area (TPSA) is 15.6 Å². The Morgan fingerprint density at radius 2 is 2.00 bits per heavy atom. The average Bonchev–Trinajstić information content (AvgIpc) is 2.56. The molecule has 132 valence electrons. The third-order valence-corrected chi connectivity index (χ3v) is 6.44. The number of hydrogen-bond acceptors (Lipinski definition) is 2. The van der Waals surface area contributed by atoms with E-state index in [9.17, 15) is 0 Å². The van der Waals surface area contributed by atoms with Gasteiger partial charge in [-0.15, -0.1) is 0 Å². The molecule has 1 aliphatic rings. The van der Waals surface area contributed by atoms with Crippen molar-refractivity contribution in [3.63, 3.8) is 0 Å². The first-order valence-electron chi connectivity index (χ1n) is 9.03. The van der Waals surface area contributed by atoms with Crippen molar-refractivity contribution in [2.45, 2.75) is 52.5 Å². The molecule has 2 nitrogen and oxygen atoms in total. The van der Waals surface area contributed by atoms with E-state index in [0.29, 0.717) is 5.92 Å². The molecule has 3 rings (SSSR count). The van der Waals surface area contributed by atoms with Crippen LogP contribution in [-0.2, 0) is 0 Å². The largest absolute Gasteiger partial charge is 0.366 e. The first-order chi connectivity index (χ1) is 11.8. The summed E-state index contributed by atoms with van der Waals surface area (Å²) in [6, 6.07) is 13.1. The zero-order valence-corrected chi connectivity index (χ0v) is 18.0. The minimum absolute atomic E-state index is 0.218. The summed E-state index contributed by atoms with van der Waals surface area (Å²) in [6.07, 6.45) is 3.18. The van der Waals surface area contributed by atoms with Gasteiger partial charge in [-0.2, -0.15) is 0 Å². The molecule has 0 N–H and O–H groups in total. The molecule has 0 bridgehead atoms. The van der Waals surface area contributed by atoms with Gasteiger partial charge in [0.05, 0.1) is 5.69 Å². The summed E-state index contributed by atoms with van der Waals surface area (Å²) in [5.41, 5.74) is 6.51. The van der Waals surface area contributed by atoms with Crippen LogP contribution in [0, 0.1) is 10.5 Å². The van der Waals surface area contributed by atoms with Gasteiger partial charge < -0.3 is 4.90 Å². The van der Waals surface area contributed by atoms with Crippen LogP contribution in [0.1, 0.15) is 56.7 Å². The zero-order chi connectivity index (χ0) is 18.2. The predicted molar refractivity (Wildman–Crippen MR) is 118 cm³/mol. The van der Waals surface area contributed by atoms with Crippen molar-refractivity contribution in [2.75, 3.05) is 11.4 Å². The molecule has 1 aliphatic heterocycles. The third-order valence-electron chi connectivity index (χ3n) is 5.23. The molecule has 0 spiro atoms. The minimum Gasteiger partial charge on any atom is -0.366 e. The first-order valence-corrected chi connectivity index (χ1v) is 10.1. The standard InChI is InChI=1S/C22H27IN2/c1-6-25-21-10-7-17(12-19(21)16(3)13-22(25,4)5)14-24-18-8-9-20(23)15(2)11-18/h7-12,14,16H,6,13H2,1-5H3. The van der Waals surface area contributed by atoms with Crippen molar-refractivity contribution in [3.8, 4) is 0 Å². The Morgan fingerprint density at radius 1 is 1.24 bits per heavy atom. The lowest BCUT2D eigenvalue weighted by Crippen LogP contribution is -2.48. The normalized spacial score (nSPS) is 19.3. The molecule has 1 atom stereocenters. The van der Waals surface area contributed by atoms with Crippen LogP contribution in [0.15, 0.2) is 41.4 Å². The fourth-order valence-corrected chi connectivity index (χ4v) is 4.38. The lowest BCUT2D eigenvalue weighted by atomic mass is 9.79. The van der Waals surface area contributed by atoms with Gasteiger partial charge in [0.15, 0.2) is 0 Å². The molecular weight excluding hydrogens is 419 g/mol. The lowest BCUT2D eigenvalue weighted by molar-refractivity contribution is 0.381. The summed E-state index contributed by atoms with van der Waals surface area (Å²) in [5, 5.41) is 0. The van der Waals surface area contributed by atoms with Gasteiger partial charge in [-0.3, -0.25) is 4.99 Å². The van der Waals surface area contributed by atoms with Gasteiger partial charge in [-0.25, -0.2) is 0 Å². The van der Waals surface area contributed by atoms with Gasteiger partial charge in [0.25, 0.3) is 0 Å². The summed E-state index contributed by atoms with van der Waals surface area (Å²) >= 11 is 2.36. The molecule has 0 saturated carbocycles. The van der Waals surface area contributed by atoms with Gasteiger partial charge in [0.2, 0.25) is 0 Å². The van der Waals surface area contributed by atoms with Crippen molar-refractivity contribution in [2.24, 2.45) is 4.99 Å². The predicted octanol–water partition coefficient (Wildman–Crippen LogP) is 6.46. The number of fused-ring (bicyclic) bond motifs is 1. The maximum atomic E-state index is 4.68. The van der Waals surface area contributed by atoms with E-state index in [1.165, 1.54) is 32.4 Å². The fraction of sp³-hybridized carbons (Fsp3) is 0.409. The minimum atomic E-state index is 0.218. The van der Waals surface area contributed by atoms with Crippen LogP contribution in [0.25, 0.3) is 0 Å². The Kier molecular flexibility index (Phi) is 5.24. The fourth-order valence-electron chi connectivity index (χ4n) is 4.05. The van der Waals surface area contributed by atoms with Gasteiger partial charge in [0, 0.05) is 27.6 Å². The van der Waals surface area contributed by atoms with Crippen LogP contribution in [0.2, 0.25) is 0 Å². The van der Waals surface area contributed by atoms with E-state index in [1.54, 1.807) is 0 Å². The monoisotopic (exact) mass is 446 g/mol. The molecule has 1 unspecified atom stereocenters. The van der Waals surface area contributed by atoms with E-state index in [-0.39, 0.29) is 5.54 Å². The second kappa shape index (κ2) is 7.10. The number of rotatable bonds is 3. The number of aliphatic imine (C=N–C) groups is 1. The van der Waals surface area contributed by atoms with Crippen molar-refractivity contribution in [1.82, 2.24) is 0 Å². The molecule has 0 saturated heterocycles. The van der Waals surface area contributed by atoms with Crippen LogP contribution in [-0.4, -0.2) is 18.3 Å². The van der Waals surface area contributed by atoms with Crippen molar-refractivity contribution in [1.29, 1.82) is 0 Å². The first kappa shape index (κ1) is 18.4. The van der Waals surface area contributed by atoms with Crippen molar-refractivity contribution < 1.29 is 0 Å². The number of nitrogens with zero attached hydrogens (tertiary/aromatic N) is 2. The molecule has 0 aromatic heterocycles. The van der Waals surface area contributed by atoms with Gasteiger partial charge >= 0.3 is 0 Å². The summed E-state index contributed by atoms with van der Waals surface area (Å²) < 4.78 is 1.28. The average molecular weight is 446 g/mol. The van der Waals surface area contributed by atoms with E-state index >= 15 is 0 Å². The molecule has 25 heavy (non-hydrogen) atoms. The number of halogens is 1. The highest BCUT2D eigenvalue weighted by Crippen LogP contribution is 2.43. The highest BCUT2D eigenvalue weighted by atomic mass is 127. The van der Waals surface area contributed by atoms with E-state index < -0.39 is 0 Å². The van der Waals surface area contributed by atoms with Crippen LogP contribution in [0.4, 0.5) is 11.4 Å². The second-order valence-corrected chi connectivity index (χ2v) is 8.83. The summed E-state index contributed by atoms with van der Waals surface area (Å²) in [4.78, 5) is 7.21. The summed E-state index contributed by atoms with van der Waals surface area (Å²) in [6.45, 7) is 12.5. The Labute approximate surface area is 165 Å². The molecule has 3 heteroatoms. The number of hydrogen-bond donors (Lipinski definition) is 0. The van der Waals surface area contributed by atoms with Gasteiger partial charge in [-0.05, 0) is 110 Å². The third kappa shape index (κ3) is 3.76. The van der Waals surface area contributed by atoms with Crippen LogP contribution >= 0.6 is 22.6 Å². The van der Waals surface area contributed by atoms with E-state index in [2.05, 4.69) is 104 Å². The second-order valence-electron chi connectivity index (χ2n) is 7.67. The molecule has 1 heterocycles. The molecular formula is C22H27IN2. The highest BCUT2D eigenvalue weighted by Gasteiger charge is 2.35. The van der Waals surface area contributed by atoms with Crippen LogP contribution in [0.5, 0.6) is 0 Å². The SMILES string of the molecule is CCN1c2ccc(C=Nc3ccc(I)c(C)c3)cc2C(C)CC1(C)C. The van der Waals surface area contributed by atoms with E-state index in [4.69, 9.17) is 0 Å². The molecule has 0 amide bonds. The Hall–Kier alpha value is -1.36. The molecule has 0 aliphatic carbocycles. The van der Waals surface area contributed by atoms with Crippen LogP contribution in [0.3, 0.4) is 0 Å². The van der Waals surface area contributed by atoms with Crippen LogP contribution < -0.4 is 4.90 Å². The zero-order valence-electron chi connectivity index (χ0n) is 15.8. The highest BCUT2D eigenvalue weighted by molar-refractivity contribution is 14.1. The molecule has 0 radical (unpaired) electrons. The number of benzene rings is 2. The summed E-state index contributed by atoms with van der Waals surface area (Å²) in [7, 11) is 0. The maximum Gasteiger partial charge on any atom is 0.0633 e. The van der Waals surface area contributed by atoms with E-state index in [0.717, 1.165) is 12.2 Å². The van der Waals surface area contributed by atoms with E-state index in [1.807, 2.05) is 6.21 Å². The molecule has 2 aromatic rings. The quantitative estimate of drug-likeness (QED) is 0.390. The number of anilines is 1. The van der Waals surface area contributed by atoms with Crippen molar-refractivity contribution >= 4 is 40.2 Å². The molecule has 0 fully saturated rings. The Balaban J connectivity index is 1.92. The van der Waals surface area contributed by atoms with Gasteiger partial charge in [0.1, 0.15) is 0 Å². The maximum absolute atomic E-state index is 4.68. The smallest absolute Gasteiger partial charge is 0.0633 e. The summed E-state index contributed by atoms with van der Waals surface area (Å²) in [5.74, 6) is 0.571. The molecule has 2 aromatic carbocycles. The lowest BCUT2D eigenvalue weighted by Gasteiger charge is -2.47. The number of aryl methyl sites for hydroxylation is 1.